The van der Waals surface area contributed by atoms with E-state index >= 15 is 0 Å². The molecule has 1 atom stereocenters. The van der Waals surface area contributed by atoms with E-state index in [0.717, 1.165) is 17.7 Å². The van der Waals surface area contributed by atoms with E-state index in [9.17, 15) is 9.59 Å². The van der Waals surface area contributed by atoms with Crippen LogP contribution in [0.2, 0.25) is 0 Å². The number of amides is 2. The van der Waals surface area contributed by atoms with Gasteiger partial charge in [0.25, 0.3) is 0 Å². The van der Waals surface area contributed by atoms with Gasteiger partial charge in [0.1, 0.15) is 5.60 Å². The third-order valence-corrected chi connectivity index (χ3v) is 4.22. The molecule has 1 rings (SSSR count). The number of nitrogens with one attached hydrogen (secondary N) is 2. The first-order chi connectivity index (χ1) is 14.5. The van der Waals surface area contributed by atoms with Crippen molar-refractivity contribution in [2.45, 2.75) is 52.7 Å². The molecule has 10 heteroatoms. The molecule has 1 aromatic carbocycles. The Hall–Kier alpha value is -2.85. The lowest BCUT2D eigenvalue weighted by Crippen LogP contribution is -2.46. The van der Waals surface area contributed by atoms with Gasteiger partial charge in [-0.3, -0.25) is 9.69 Å². The van der Waals surface area contributed by atoms with Gasteiger partial charge in [0.15, 0.2) is 5.84 Å². The number of carbonyl (C=O) groups is 2. The lowest BCUT2D eigenvalue weighted by atomic mass is 10.1. The molecule has 0 heterocycles. The number of likely N-dealkylation sites (N-methyl/N-ethyl adjacent to an activating group) is 1. The number of nitrogens with two attached hydrogens (primary N) is 2. The maximum absolute atomic E-state index is 13.0. The number of hydrazone groups is 1. The SMILES string of the molecule is CCCN(C(=O)CN(C)CC(C)NC(=O)OC(C)(C)C)c1ccc(/C(=N/N)NN)cc1. The number of nitrogens with zero attached hydrogens (tertiary/aromatic N) is 3. The summed E-state index contributed by atoms with van der Waals surface area (Å²) in [4.78, 5) is 28.5. The highest BCUT2D eigenvalue weighted by Crippen LogP contribution is 2.17. The van der Waals surface area contributed by atoms with Crippen LogP contribution < -0.4 is 27.3 Å². The van der Waals surface area contributed by atoms with Crippen LogP contribution in [-0.2, 0) is 9.53 Å². The molecule has 0 aliphatic heterocycles. The fraction of sp³-hybridized carbons (Fsp3) is 0.571. The summed E-state index contributed by atoms with van der Waals surface area (Å²) in [5, 5.41) is 6.37. The van der Waals surface area contributed by atoms with E-state index in [0.29, 0.717) is 18.9 Å². The first-order valence-electron chi connectivity index (χ1n) is 10.3. The van der Waals surface area contributed by atoms with Gasteiger partial charge in [0, 0.05) is 30.4 Å². The summed E-state index contributed by atoms with van der Waals surface area (Å²) in [6, 6.07) is 7.08. The fourth-order valence-corrected chi connectivity index (χ4v) is 3.02. The highest BCUT2D eigenvalue weighted by molar-refractivity contribution is 5.99. The molecule has 6 N–H and O–H groups in total. The highest BCUT2D eigenvalue weighted by Gasteiger charge is 2.21. The summed E-state index contributed by atoms with van der Waals surface area (Å²) in [7, 11) is 1.84. The lowest BCUT2D eigenvalue weighted by molar-refractivity contribution is -0.119. The van der Waals surface area contributed by atoms with E-state index in [1.54, 1.807) is 17.0 Å². The summed E-state index contributed by atoms with van der Waals surface area (Å²) in [5.41, 5.74) is 3.37. The normalized spacial score (nSPS) is 13.0. The Morgan fingerprint density at radius 2 is 1.84 bits per heavy atom. The molecule has 0 bridgehead atoms. The molecule has 2 amide bonds. The standard InChI is InChI=1S/C21H37N7O3/c1-7-12-28(17-10-8-16(9-11-17)19(25-22)26-23)18(29)14-27(6)13-15(2)24-20(30)31-21(3,4)5/h8-11,15H,7,12-14,22-23H2,1-6H3,(H,24,30)(H,25,26). The Morgan fingerprint density at radius 3 is 2.32 bits per heavy atom. The van der Waals surface area contributed by atoms with Crippen molar-refractivity contribution in [2.24, 2.45) is 16.8 Å². The number of rotatable bonds is 9. The van der Waals surface area contributed by atoms with Crippen LogP contribution in [0.4, 0.5) is 10.5 Å². The summed E-state index contributed by atoms with van der Waals surface area (Å²) in [5.74, 6) is 11.0. The second-order valence-corrected chi connectivity index (χ2v) is 8.46. The summed E-state index contributed by atoms with van der Waals surface area (Å²) in [6.45, 7) is 10.6. The van der Waals surface area contributed by atoms with Crippen LogP contribution in [-0.4, -0.2) is 61.1 Å². The molecule has 1 unspecified atom stereocenters. The zero-order valence-electron chi connectivity index (χ0n) is 19.4. The molecule has 0 aliphatic carbocycles. The number of hydrazine groups is 1. The van der Waals surface area contributed by atoms with Crippen molar-refractivity contribution in [1.29, 1.82) is 0 Å². The third kappa shape index (κ3) is 9.22. The van der Waals surface area contributed by atoms with Crippen LogP contribution in [0.25, 0.3) is 0 Å². The minimum absolute atomic E-state index is 0.0359. The second kappa shape index (κ2) is 12.1. The number of alkyl carbamates (subject to hydrolysis) is 1. The van der Waals surface area contributed by atoms with Crippen molar-refractivity contribution in [3.8, 4) is 0 Å². The van der Waals surface area contributed by atoms with Crippen LogP contribution >= 0.6 is 0 Å². The van der Waals surface area contributed by atoms with Crippen LogP contribution in [0.15, 0.2) is 29.4 Å². The van der Waals surface area contributed by atoms with Crippen LogP contribution in [0.1, 0.15) is 46.6 Å². The van der Waals surface area contributed by atoms with Crippen molar-refractivity contribution < 1.29 is 14.3 Å². The topological polar surface area (TPSA) is 138 Å². The molecule has 1 aromatic rings. The zero-order valence-corrected chi connectivity index (χ0v) is 19.4. The molecule has 0 radical (unpaired) electrons. The number of hydrogen-bond acceptors (Lipinski definition) is 7. The molecule has 0 saturated heterocycles. The van der Waals surface area contributed by atoms with Gasteiger partial charge in [-0.05, 0) is 65.4 Å². The molecular weight excluding hydrogens is 398 g/mol. The lowest BCUT2D eigenvalue weighted by Gasteiger charge is -2.27. The van der Waals surface area contributed by atoms with E-state index in [4.69, 9.17) is 16.4 Å². The number of benzene rings is 1. The van der Waals surface area contributed by atoms with Gasteiger partial charge in [0.2, 0.25) is 5.91 Å². The molecule has 0 aliphatic rings. The van der Waals surface area contributed by atoms with Crippen molar-refractivity contribution in [3.05, 3.63) is 29.8 Å². The largest absolute Gasteiger partial charge is 0.444 e. The number of amidine groups is 1. The molecule has 0 fully saturated rings. The maximum Gasteiger partial charge on any atom is 0.407 e. The first-order valence-corrected chi connectivity index (χ1v) is 10.3. The summed E-state index contributed by atoms with van der Waals surface area (Å²) < 4.78 is 5.27. The summed E-state index contributed by atoms with van der Waals surface area (Å²) >= 11 is 0. The van der Waals surface area contributed by atoms with E-state index in [2.05, 4.69) is 15.8 Å². The van der Waals surface area contributed by atoms with Gasteiger partial charge in [0.05, 0.1) is 6.54 Å². The minimum Gasteiger partial charge on any atom is -0.444 e. The molecule has 10 nitrogen and oxygen atoms in total. The minimum atomic E-state index is -0.557. The van der Waals surface area contributed by atoms with Crippen molar-refractivity contribution >= 4 is 23.5 Å². The molecule has 0 saturated carbocycles. The van der Waals surface area contributed by atoms with Crippen LogP contribution in [0.3, 0.4) is 0 Å². The average Bonchev–Trinajstić information content (AvgIpc) is 2.65. The molecule has 0 spiro atoms. The monoisotopic (exact) mass is 435 g/mol. The van der Waals surface area contributed by atoms with Gasteiger partial charge in [-0.2, -0.15) is 5.10 Å². The van der Waals surface area contributed by atoms with Crippen molar-refractivity contribution in [1.82, 2.24) is 15.6 Å². The Kier molecular flexibility index (Phi) is 10.2. The Bertz CT molecular complexity index is 744. The molecule has 174 valence electrons. The van der Waals surface area contributed by atoms with E-state index < -0.39 is 11.7 Å². The van der Waals surface area contributed by atoms with Gasteiger partial charge in [-0.25, -0.2) is 10.6 Å². The Labute approximate surface area is 184 Å². The highest BCUT2D eigenvalue weighted by atomic mass is 16.6. The first kappa shape index (κ1) is 26.2. The van der Waals surface area contributed by atoms with Crippen molar-refractivity contribution in [2.75, 3.05) is 31.6 Å². The molecule has 31 heavy (non-hydrogen) atoms. The van der Waals surface area contributed by atoms with E-state index in [1.165, 1.54) is 0 Å². The maximum atomic E-state index is 13.0. The third-order valence-electron chi connectivity index (χ3n) is 4.22. The predicted octanol–water partition coefficient (Wildman–Crippen LogP) is 1.36. The Morgan fingerprint density at radius 1 is 1.23 bits per heavy atom. The van der Waals surface area contributed by atoms with Crippen LogP contribution in [0.5, 0.6) is 0 Å². The predicted molar refractivity (Wildman–Crippen MR) is 123 cm³/mol. The van der Waals surface area contributed by atoms with E-state index in [-0.39, 0.29) is 18.5 Å². The number of hydrogen-bond donors (Lipinski definition) is 4. The number of carbonyl (C=O) groups excluding carboxylic acids is 2. The van der Waals surface area contributed by atoms with E-state index in [1.807, 2.05) is 58.7 Å². The smallest absolute Gasteiger partial charge is 0.407 e. The van der Waals surface area contributed by atoms with Crippen molar-refractivity contribution in [3.63, 3.8) is 0 Å². The molecular formula is C21H37N7O3. The average molecular weight is 436 g/mol. The van der Waals surface area contributed by atoms with Gasteiger partial charge in [-0.15, -0.1) is 0 Å². The zero-order chi connectivity index (χ0) is 23.6. The van der Waals surface area contributed by atoms with Gasteiger partial charge < -0.3 is 26.2 Å². The second-order valence-electron chi connectivity index (χ2n) is 8.46. The number of ether oxygens (including phenoxy) is 1. The quantitative estimate of drug-likeness (QED) is 0.199. The molecule has 0 aromatic heterocycles. The number of anilines is 1. The van der Waals surface area contributed by atoms with Crippen LogP contribution in [0, 0.1) is 0 Å². The van der Waals surface area contributed by atoms with Gasteiger partial charge in [-0.1, -0.05) is 6.92 Å². The van der Waals surface area contributed by atoms with Gasteiger partial charge >= 0.3 is 6.09 Å². The summed E-state index contributed by atoms with van der Waals surface area (Å²) in [6.07, 6.45) is 0.341. The Balaban J connectivity index is 2.73. The fourth-order valence-electron chi connectivity index (χ4n) is 3.02.